The van der Waals surface area contributed by atoms with Gasteiger partial charge >= 0.3 is 6.18 Å². The molecule has 0 saturated carbocycles. The molecule has 0 unspecified atom stereocenters. The molecule has 5 rings (SSSR count). The molecule has 0 aliphatic carbocycles. The Morgan fingerprint density at radius 3 is 2.85 bits per heavy atom. The van der Waals surface area contributed by atoms with Crippen molar-refractivity contribution < 1.29 is 22.7 Å². The van der Waals surface area contributed by atoms with E-state index in [0.717, 1.165) is 61.1 Å². The first kappa shape index (κ1) is 22.4. The number of fused-ring (bicyclic) bond motifs is 1. The van der Waals surface area contributed by atoms with Crippen molar-refractivity contribution in [2.45, 2.75) is 38.6 Å². The average Bonchev–Trinajstić information content (AvgIpc) is 3.46. The normalized spacial score (nSPS) is 18.1. The molecule has 1 saturated heterocycles. The second-order valence-electron chi connectivity index (χ2n) is 8.65. The van der Waals surface area contributed by atoms with E-state index < -0.39 is 17.6 Å². The molecule has 0 radical (unpaired) electrons. The fourth-order valence-electron chi connectivity index (χ4n) is 4.64. The van der Waals surface area contributed by atoms with Gasteiger partial charge in [-0.15, -0.1) is 0 Å². The van der Waals surface area contributed by atoms with Crippen molar-refractivity contribution in [2.24, 2.45) is 0 Å². The van der Waals surface area contributed by atoms with E-state index in [4.69, 9.17) is 4.74 Å². The number of rotatable bonds is 4. The minimum Gasteiger partial charge on any atom is -0.372 e. The average molecular weight is 471 g/mol. The number of alkyl halides is 3. The predicted molar refractivity (Wildman–Crippen MR) is 120 cm³/mol. The molecule has 4 heterocycles. The van der Waals surface area contributed by atoms with Gasteiger partial charge in [0.2, 0.25) is 0 Å². The highest BCUT2D eigenvalue weighted by molar-refractivity contribution is 6.04. The van der Waals surface area contributed by atoms with E-state index in [1.807, 2.05) is 25.3 Å². The number of anilines is 2. The second-order valence-corrected chi connectivity index (χ2v) is 8.65. The number of carbonyl (C=O) groups is 1. The highest BCUT2D eigenvalue weighted by atomic mass is 19.4. The Morgan fingerprint density at radius 1 is 1.18 bits per heavy atom. The van der Waals surface area contributed by atoms with Crippen LogP contribution >= 0.6 is 0 Å². The standard InChI is InChI=1S/C24H24F3N5O2/c1-15-2-3-16(23(33)30-19-9-18(10-28-11-19)24(25,26)27)8-20(15)17-4-5-31(13-17)22-12-29-21-14-34-7-6-32(21)22/h2-3,8-12,17H,4-7,13-14H2,1H3,(H,30,33)/t17-/m1/s1. The van der Waals surface area contributed by atoms with Crippen molar-refractivity contribution in [3.05, 3.63) is 70.9 Å². The van der Waals surface area contributed by atoms with Crippen LogP contribution in [0.4, 0.5) is 24.7 Å². The number of carbonyl (C=O) groups excluding carboxylic acids is 1. The van der Waals surface area contributed by atoms with Gasteiger partial charge in [-0.1, -0.05) is 6.07 Å². The van der Waals surface area contributed by atoms with E-state index in [1.54, 1.807) is 6.07 Å². The number of aromatic nitrogens is 3. The van der Waals surface area contributed by atoms with E-state index in [9.17, 15) is 18.0 Å². The topological polar surface area (TPSA) is 72.3 Å². The third-order valence-corrected chi connectivity index (χ3v) is 6.42. The Bertz CT molecular complexity index is 1220. The van der Waals surface area contributed by atoms with Gasteiger partial charge in [0.25, 0.3) is 5.91 Å². The quantitative estimate of drug-likeness (QED) is 0.612. The molecule has 3 aromatic rings. The molecule has 1 N–H and O–H groups in total. The van der Waals surface area contributed by atoms with Crippen LogP contribution in [0, 0.1) is 6.92 Å². The lowest BCUT2D eigenvalue weighted by Gasteiger charge is -2.23. The lowest BCUT2D eigenvalue weighted by atomic mass is 9.92. The molecule has 34 heavy (non-hydrogen) atoms. The highest BCUT2D eigenvalue weighted by Gasteiger charge is 2.31. The third-order valence-electron chi connectivity index (χ3n) is 6.42. The second kappa shape index (κ2) is 8.75. The number of nitrogens with zero attached hydrogens (tertiary/aromatic N) is 4. The number of pyridine rings is 1. The molecular formula is C24H24F3N5O2. The molecular weight excluding hydrogens is 447 g/mol. The minimum absolute atomic E-state index is 0.00322. The molecule has 1 amide bonds. The van der Waals surface area contributed by atoms with Gasteiger partial charge in [-0.25, -0.2) is 4.98 Å². The maximum Gasteiger partial charge on any atom is 0.417 e. The minimum atomic E-state index is -4.53. The third kappa shape index (κ3) is 4.37. The summed E-state index contributed by atoms with van der Waals surface area (Å²) in [7, 11) is 0. The molecule has 1 aromatic carbocycles. The van der Waals surface area contributed by atoms with Gasteiger partial charge in [-0.2, -0.15) is 13.2 Å². The molecule has 2 aliphatic rings. The maximum atomic E-state index is 13.0. The molecule has 0 spiro atoms. The summed E-state index contributed by atoms with van der Waals surface area (Å²) < 4.78 is 46.6. The Labute approximate surface area is 194 Å². The van der Waals surface area contributed by atoms with Crippen LogP contribution in [0.15, 0.2) is 42.9 Å². The van der Waals surface area contributed by atoms with E-state index in [-0.39, 0.29) is 11.6 Å². The van der Waals surface area contributed by atoms with E-state index in [0.29, 0.717) is 18.8 Å². The number of halogens is 3. The van der Waals surface area contributed by atoms with E-state index >= 15 is 0 Å². The number of benzene rings is 1. The van der Waals surface area contributed by atoms with Gasteiger partial charge in [0, 0.05) is 37.3 Å². The van der Waals surface area contributed by atoms with Gasteiger partial charge < -0.3 is 19.5 Å². The molecule has 0 bridgehead atoms. The van der Waals surface area contributed by atoms with Crippen LogP contribution < -0.4 is 10.2 Å². The van der Waals surface area contributed by atoms with Crippen molar-refractivity contribution in [3.63, 3.8) is 0 Å². The summed E-state index contributed by atoms with van der Waals surface area (Å²) in [6.07, 6.45) is 0.234. The fraction of sp³-hybridized carbons (Fsp3) is 0.375. The van der Waals surface area contributed by atoms with Crippen LogP contribution in [-0.2, 0) is 24.1 Å². The van der Waals surface area contributed by atoms with Crippen LogP contribution in [0.5, 0.6) is 0 Å². The molecule has 10 heteroatoms. The predicted octanol–water partition coefficient (Wildman–Crippen LogP) is 4.38. The molecule has 1 atom stereocenters. The van der Waals surface area contributed by atoms with Crippen molar-refractivity contribution in [2.75, 3.05) is 29.9 Å². The molecule has 7 nitrogen and oxygen atoms in total. The summed E-state index contributed by atoms with van der Waals surface area (Å²) in [5.41, 5.74) is 1.64. The number of hydrogen-bond acceptors (Lipinski definition) is 5. The number of nitrogens with one attached hydrogen (secondary N) is 1. The fourth-order valence-corrected chi connectivity index (χ4v) is 4.64. The van der Waals surface area contributed by atoms with Crippen LogP contribution in [0.2, 0.25) is 0 Å². The van der Waals surface area contributed by atoms with Gasteiger partial charge in [0.1, 0.15) is 18.2 Å². The Balaban J connectivity index is 1.32. The van der Waals surface area contributed by atoms with Gasteiger partial charge in [-0.3, -0.25) is 9.78 Å². The largest absolute Gasteiger partial charge is 0.417 e. The molecule has 2 aliphatic heterocycles. The van der Waals surface area contributed by atoms with Crippen LogP contribution in [0.3, 0.4) is 0 Å². The van der Waals surface area contributed by atoms with Gasteiger partial charge in [0.05, 0.1) is 30.3 Å². The van der Waals surface area contributed by atoms with Crippen molar-refractivity contribution in [3.8, 4) is 0 Å². The number of imidazole rings is 1. The van der Waals surface area contributed by atoms with Crippen molar-refractivity contribution in [1.82, 2.24) is 14.5 Å². The maximum absolute atomic E-state index is 13.0. The summed E-state index contributed by atoms with van der Waals surface area (Å²) >= 11 is 0. The first-order valence-electron chi connectivity index (χ1n) is 11.1. The lowest BCUT2D eigenvalue weighted by molar-refractivity contribution is -0.137. The zero-order valence-electron chi connectivity index (χ0n) is 18.6. The Morgan fingerprint density at radius 2 is 2.03 bits per heavy atom. The summed E-state index contributed by atoms with van der Waals surface area (Å²) in [6.45, 7) is 5.66. The van der Waals surface area contributed by atoms with Gasteiger partial charge in [-0.05, 0) is 42.7 Å². The SMILES string of the molecule is Cc1ccc(C(=O)Nc2cncc(C(F)(F)F)c2)cc1[C@@H]1CCN(c2cnc3n2CCOC3)C1. The lowest BCUT2D eigenvalue weighted by Crippen LogP contribution is -2.26. The van der Waals surface area contributed by atoms with Crippen LogP contribution in [-0.4, -0.2) is 40.1 Å². The first-order valence-corrected chi connectivity index (χ1v) is 11.1. The summed E-state index contributed by atoms with van der Waals surface area (Å²) in [6, 6.07) is 6.30. The summed E-state index contributed by atoms with van der Waals surface area (Å²) in [5, 5.41) is 2.54. The Kier molecular flexibility index (Phi) is 5.76. The van der Waals surface area contributed by atoms with Crippen LogP contribution in [0.25, 0.3) is 0 Å². The van der Waals surface area contributed by atoms with Crippen molar-refractivity contribution in [1.29, 1.82) is 0 Å². The number of ether oxygens (including phenoxy) is 1. The number of amides is 1. The summed E-state index contributed by atoms with van der Waals surface area (Å²) in [5.74, 6) is 1.78. The summed E-state index contributed by atoms with van der Waals surface area (Å²) in [4.78, 5) is 23.2. The van der Waals surface area contributed by atoms with E-state index in [1.165, 1.54) is 6.20 Å². The first-order chi connectivity index (χ1) is 16.3. The zero-order chi connectivity index (χ0) is 23.9. The van der Waals surface area contributed by atoms with E-state index in [2.05, 4.69) is 24.8 Å². The Hall–Kier alpha value is -3.40. The smallest absolute Gasteiger partial charge is 0.372 e. The molecule has 178 valence electrons. The highest BCUT2D eigenvalue weighted by Crippen LogP contribution is 2.34. The van der Waals surface area contributed by atoms with Crippen LogP contribution in [0.1, 0.15) is 45.2 Å². The number of hydrogen-bond donors (Lipinski definition) is 1. The monoisotopic (exact) mass is 471 g/mol. The molecule has 2 aromatic heterocycles. The molecule has 1 fully saturated rings. The zero-order valence-corrected chi connectivity index (χ0v) is 18.6. The van der Waals surface area contributed by atoms with Crippen molar-refractivity contribution >= 4 is 17.4 Å². The number of aryl methyl sites for hydroxylation is 1. The van der Waals surface area contributed by atoms with Gasteiger partial charge in [0.15, 0.2) is 0 Å².